The molecule has 0 aliphatic carbocycles. The number of anilines is 2. The average molecular weight is 386 g/mol. The number of amides is 2. The number of ether oxygens (including phenoxy) is 1. The standard InChI is InChI=1S/C19H26N6O3/c1-12-10-16(24(3)23-12)21-15-7-6-14-11-25(19(27)17(14)22-15)13(2)18(26)20-8-5-9-28-4/h6-7,10,13H,5,8-9,11H2,1-4H3,(H,20,26)(H,21,22)/t13-/m1/s1. The molecule has 2 amide bonds. The molecule has 2 N–H and O–H groups in total. The molecular weight excluding hydrogens is 360 g/mol. The monoisotopic (exact) mass is 386 g/mol. The van der Waals surface area contributed by atoms with Crippen LogP contribution in [0.4, 0.5) is 11.6 Å². The number of rotatable bonds is 8. The number of pyridine rings is 1. The topological polar surface area (TPSA) is 101 Å². The Labute approximate surface area is 164 Å². The van der Waals surface area contributed by atoms with E-state index in [1.54, 1.807) is 23.6 Å². The van der Waals surface area contributed by atoms with Crippen molar-refractivity contribution >= 4 is 23.5 Å². The fourth-order valence-electron chi connectivity index (χ4n) is 3.15. The Morgan fingerprint density at radius 1 is 1.39 bits per heavy atom. The Hall–Kier alpha value is -2.94. The summed E-state index contributed by atoms with van der Waals surface area (Å²) in [5, 5.41) is 10.3. The fraction of sp³-hybridized carbons (Fsp3) is 0.474. The molecule has 0 aromatic carbocycles. The average Bonchev–Trinajstić information content (AvgIpc) is 3.16. The van der Waals surface area contributed by atoms with Crippen molar-refractivity contribution in [2.75, 3.05) is 25.6 Å². The molecule has 1 aliphatic rings. The van der Waals surface area contributed by atoms with Crippen LogP contribution in [0.1, 0.15) is 35.1 Å². The number of aryl methyl sites for hydroxylation is 2. The van der Waals surface area contributed by atoms with Gasteiger partial charge in [-0.2, -0.15) is 5.10 Å². The molecule has 0 radical (unpaired) electrons. The second-order valence-corrected chi connectivity index (χ2v) is 6.87. The highest BCUT2D eigenvalue weighted by Gasteiger charge is 2.35. The minimum Gasteiger partial charge on any atom is -0.385 e. The van der Waals surface area contributed by atoms with Crippen LogP contribution in [-0.2, 0) is 23.1 Å². The number of fused-ring (bicyclic) bond motifs is 1. The third-order valence-electron chi connectivity index (χ3n) is 4.71. The maximum absolute atomic E-state index is 12.8. The van der Waals surface area contributed by atoms with Crippen LogP contribution in [-0.4, -0.2) is 57.8 Å². The van der Waals surface area contributed by atoms with Crippen LogP contribution in [0.15, 0.2) is 18.2 Å². The molecule has 0 spiro atoms. The van der Waals surface area contributed by atoms with E-state index < -0.39 is 6.04 Å². The van der Waals surface area contributed by atoms with Crippen LogP contribution in [0.25, 0.3) is 0 Å². The lowest BCUT2D eigenvalue weighted by Crippen LogP contribution is -2.45. The van der Waals surface area contributed by atoms with Crippen LogP contribution in [0.5, 0.6) is 0 Å². The molecule has 0 fully saturated rings. The lowest BCUT2D eigenvalue weighted by molar-refractivity contribution is -0.125. The van der Waals surface area contributed by atoms with E-state index in [9.17, 15) is 9.59 Å². The molecule has 9 nitrogen and oxygen atoms in total. The van der Waals surface area contributed by atoms with Gasteiger partial charge in [0.15, 0.2) is 0 Å². The smallest absolute Gasteiger partial charge is 0.273 e. The van der Waals surface area contributed by atoms with Crippen molar-refractivity contribution in [2.45, 2.75) is 32.9 Å². The number of hydrogen-bond donors (Lipinski definition) is 2. The van der Waals surface area contributed by atoms with Gasteiger partial charge in [-0.1, -0.05) is 6.07 Å². The molecular formula is C19H26N6O3. The van der Waals surface area contributed by atoms with E-state index in [0.717, 1.165) is 23.5 Å². The molecule has 2 aromatic rings. The largest absolute Gasteiger partial charge is 0.385 e. The van der Waals surface area contributed by atoms with Crippen molar-refractivity contribution in [3.05, 3.63) is 35.2 Å². The normalized spacial score (nSPS) is 14.1. The number of aromatic nitrogens is 3. The molecule has 1 aliphatic heterocycles. The molecule has 3 heterocycles. The van der Waals surface area contributed by atoms with Gasteiger partial charge in [0.05, 0.1) is 5.69 Å². The minimum atomic E-state index is -0.569. The Kier molecular flexibility index (Phi) is 5.93. The zero-order valence-electron chi connectivity index (χ0n) is 16.7. The van der Waals surface area contributed by atoms with Crippen molar-refractivity contribution in [3.8, 4) is 0 Å². The summed E-state index contributed by atoms with van der Waals surface area (Å²) in [5.41, 5.74) is 2.08. The number of nitrogens with one attached hydrogen (secondary N) is 2. The maximum atomic E-state index is 12.8. The summed E-state index contributed by atoms with van der Waals surface area (Å²) in [4.78, 5) is 31.2. The number of carbonyl (C=O) groups excluding carboxylic acids is 2. The zero-order valence-corrected chi connectivity index (χ0v) is 16.7. The van der Waals surface area contributed by atoms with E-state index in [2.05, 4.69) is 20.7 Å². The highest BCUT2D eigenvalue weighted by molar-refractivity contribution is 5.99. The van der Waals surface area contributed by atoms with Crippen LogP contribution in [0.2, 0.25) is 0 Å². The Morgan fingerprint density at radius 2 is 2.18 bits per heavy atom. The first-order chi connectivity index (χ1) is 13.4. The minimum absolute atomic E-state index is 0.180. The van der Waals surface area contributed by atoms with Gasteiger partial charge in [-0.3, -0.25) is 14.3 Å². The number of methoxy groups -OCH3 is 1. The van der Waals surface area contributed by atoms with Gasteiger partial charge < -0.3 is 20.3 Å². The van der Waals surface area contributed by atoms with Crippen LogP contribution in [0, 0.1) is 6.92 Å². The van der Waals surface area contributed by atoms with E-state index in [4.69, 9.17) is 4.74 Å². The lowest BCUT2D eigenvalue weighted by atomic mass is 10.2. The third kappa shape index (κ3) is 4.14. The molecule has 0 unspecified atom stereocenters. The van der Waals surface area contributed by atoms with Gasteiger partial charge in [0, 0.05) is 45.5 Å². The highest BCUT2D eigenvalue weighted by Crippen LogP contribution is 2.26. The molecule has 0 saturated heterocycles. The van der Waals surface area contributed by atoms with Crippen molar-refractivity contribution in [3.63, 3.8) is 0 Å². The number of hydrogen-bond acceptors (Lipinski definition) is 6. The zero-order chi connectivity index (χ0) is 20.3. The van der Waals surface area contributed by atoms with Crippen molar-refractivity contribution in [1.29, 1.82) is 0 Å². The van der Waals surface area contributed by atoms with Crippen molar-refractivity contribution in [2.24, 2.45) is 7.05 Å². The summed E-state index contributed by atoms with van der Waals surface area (Å²) in [6.45, 7) is 5.11. The van der Waals surface area contributed by atoms with E-state index >= 15 is 0 Å². The van der Waals surface area contributed by atoms with Crippen molar-refractivity contribution in [1.82, 2.24) is 25.0 Å². The van der Waals surface area contributed by atoms with Gasteiger partial charge in [0.2, 0.25) is 5.91 Å². The molecule has 0 saturated carbocycles. The first-order valence-corrected chi connectivity index (χ1v) is 9.26. The highest BCUT2D eigenvalue weighted by atomic mass is 16.5. The first-order valence-electron chi connectivity index (χ1n) is 9.26. The summed E-state index contributed by atoms with van der Waals surface area (Å²) < 4.78 is 6.69. The summed E-state index contributed by atoms with van der Waals surface area (Å²) >= 11 is 0. The Morgan fingerprint density at radius 3 is 2.86 bits per heavy atom. The molecule has 9 heteroatoms. The van der Waals surface area contributed by atoms with Gasteiger partial charge in [0.1, 0.15) is 23.4 Å². The maximum Gasteiger partial charge on any atom is 0.273 e. The molecule has 2 aromatic heterocycles. The summed E-state index contributed by atoms with van der Waals surface area (Å²) in [5.74, 6) is 0.935. The summed E-state index contributed by atoms with van der Waals surface area (Å²) in [6.07, 6.45) is 0.729. The first kappa shape index (κ1) is 19.8. The fourth-order valence-corrected chi connectivity index (χ4v) is 3.15. The summed E-state index contributed by atoms with van der Waals surface area (Å²) in [7, 11) is 3.46. The van der Waals surface area contributed by atoms with Crippen LogP contribution < -0.4 is 10.6 Å². The second-order valence-electron chi connectivity index (χ2n) is 6.87. The van der Waals surface area contributed by atoms with E-state index in [1.807, 2.05) is 32.2 Å². The van der Waals surface area contributed by atoms with Crippen molar-refractivity contribution < 1.29 is 14.3 Å². The molecule has 1 atom stereocenters. The van der Waals surface area contributed by atoms with Crippen LogP contribution >= 0.6 is 0 Å². The van der Waals surface area contributed by atoms with E-state index in [0.29, 0.717) is 31.2 Å². The van der Waals surface area contributed by atoms with E-state index in [1.165, 1.54) is 0 Å². The Balaban J connectivity index is 1.67. The molecule has 3 rings (SSSR count). The van der Waals surface area contributed by atoms with Gasteiger partial charge >= 0.3 is 0 Å². The molecule has 28 heavy (non-hydrogen) atoms. The van der Waals surface area contributed by atoms with Gasteiger partial charge in [-0.25, -0.2) is 4.98 Å². The quantitative estimate of drug-likeness (QED) is 0.665. The molecule has 0 bridgehead atoms. The summed E-state index contributed by atoms with van der Waals surface area (Å²) in [6, 6.07) is 5.03. The SMILES string of the molecule is COCCCNC(=O)[C@@H](C)N1Cc2ccc(Nc3cc(C)nn3C)nc2C1=O. The van der Waals surface area contributed by atoms with Gasteiger partial charge in [-0.05, 0) is 26.3 Å². The van der Waals surface area contributed by atoms with Gasteiger partial charge in [-0.15, -0.1) is 0 Å². The Bertz CT molecular complexity index is 879. The lowest BCUT2D eigenvalue weighted by Gasteiger charge is -2.23. The predicted molar refractivity (Wildman–Crippen MR) is 104 cm³/mol. The third-order valence-corrected chi connectivity index (χ3v) is 4.71. The second kappa shape index (κ2) is 8.39. The van der Waals surface area contributed by atoms with Crippen LogP contribution in [0.3, 0.4) is 0 Å². The molecule has 150 valence electrons. The number of carbonyl (C=O) groups is 2. The van der Waals surface area contributed by atoms with E-state index in [-0.39, 0.29) is 11.8 Å². The number of nitrogens with zero attached hydrogens (tertiary/aromatic N) is 4. The predicted octanol–water partition coefficient (Wildman–Crippen LogP) is 1.36. The van der Waals surface area contributed by atoms with Gasteiger partial charge in [0.25, 0.3) is 5.91 Å².